The third-order valence-electron chi connectivity index (χ3n) is 1.95. The van der Waals surface area contributed by atoms with Gasteiger partial charge >= 0.3 is 0 Å². The number of nitrogens with two attached hydrogens (primary N) is 1. The Labute approximate surface area is 94.3 Å². The zero-order chi connectivity index (χ0) is 11.7. The average molecular weight is 237 g/mol. The number of nitrogen functional groups attached to an aromatic ring is 1. The Balaban J connectivity index is 2.45. The lowest BCUT2D eigenvalue weighted by molar-refractivity contribution is -0.385. The van der Waals surface area contributed by atoms with E-state index in [1.807, 2.05) is 0 Å². The van der Waals surface area contributed by atoms with Gasteiger partial charge in [0.1, 0.15) is 11.9 Å². The second kappa shape index (κ2) is 3.81. The Bertz CT molecular complexity index is 553. The van der Waals surface area contributed by atoms with Gasteiger partial charge in [0.15, 0.2) is 11.0 Å². The molecule has 0 unspecified atom stereocenters. The highest BCUT2D eigenvalue weighted by molar-refractivity contribution is 7.09. The van der Waals surface area contributed by atoms with Gasteiger partial charge in [-0.3, -0.25) is 10.1 Å². The molecule has 0 spiro atoms. The third kappa shape index (κ3) is 1.82. The van der Waals surface area contributed by atoms with Crippen LogP contribution in [0.15, 0.2) is 12.3 Å². The normalized spacial score (nSPS) is 10.3. The molecule has 0 aliphatic heterocycles. The van der Waals surface area contributed by atoms with Crippen molar-refractivity contribution < 1.29 is 4.92 Å². The summed E-state index contributed by atoms with van der Waals surface area (Å²) in [4.78, 5) is 18.0. The van der Waals surface area contributed by atoms with Gasteiger partial charge in [0.05, 0.1) is 4.92 Å². The first-order valence-electron chi connectivity index (χ1n) is 4.28. The van der Waals surface area contributed by atoms with E-state index in [2.05, 4.69) is 14.3 Å². The highest BCUT2D eigenvalue weighted by atomic mass is 32.1. The van der Waals surface area contributed by atoms with Crippen LogP contribution in [0.1, 0.15) is 5.56 Å². The molecule has 0 amide bonds. The molecular formula is C8H7N5O2S. The van der Waals surface area contributed by atoms with Crippen LogP contribution in [0.2, 0.25) is 0 Å². The van der Waals surface area contributed by atoms with Crippen LogP contribution in [0.5, 0.6) is 0 Å². The van der Waals surface area contributed by atoms with Crippen LogP contribution in [0, 0.1) is 17.0 Å². The zero-order valence-corrected chi connectivity index (χ0v) is 9.06. The van der Waals surface area contributed by atoms with Gasteiger partial charge in [-0.2, -0.15) is 9.36 Å². The van der Waals surface area contributed by atoms with Gasteiger partial charge in [0.2, 0.25) is 0 Å². The van der Waals surface area contributed by atoms with E-state index < -0.39 is 4.92 Å². The number of pyridine rings is 1. The van der Waals surface area contributed by atoms with E-state index >= 15 is 0 Å². The van der Waals surface area contributed by atoms with Crippen LogP contribution in [-0.4, -0.2) is 19.3 Å². The number of aryl methyl sites for hydroxylation is 1. The molecule has 0 atom stereocenters. The van der Waals surface area contributed by atoms with Crippen molar-refractivity contribution in [2.24, 2.45) is 0 Å². The van der Waals surface area contributed by atoms with Gasteiger partial charge in [-0.1, -0.05) is 0 Å². The number of aromatic nitrogens is 3. The molecular weight excluding hydrogens is 230 g/mol. The van der Waals surface area contributed by atoms with Crippen molar-refractivity contribution in [1.29, 1.82) is 0 Å². The molecule has 2 aromatic heterocycles. The number of rotatable bonds is 2. The van der Waals surface area contributed by atoms with Gasteiger partial charge in [-0.15, -0.1) is 0 Å². The second-order valence-corrected chi connectivity index (χ2v) is 3.85. The Morgan fingerprint density at radius 1 is 1.56 bits per heavy atom. The van der Waals surface area contributed by atoms with Crippen molar-refractivity contribution in [1.82, 2.24) is 14.3 Å². The molecule has 0 aliphatic rings. The molecule has 0 aliphatic carbocycles. The van der Waals surface area contributed by atoms with Crippen molar-refractivity contribution >= 4 is 22.4 Å². The maximum atomic E-state index is 10.6. The van der Waals surface area contributed by atoms with E-state index in [0.717, 1.165) is 11.5 Å². The minimum Gasteiger partial charge on any atom is -0.374 e. The number of nitrogens with zero attached hydrogens (tertiary/aromatic N) is 4. The number of hydrogen-bond acceptors (Lipinski definition) is 7. The van der Waals surface area contributed by atoms with Crippen LogP contribution in [-0.2, 0) is 0 Å². The van der Waals surface area contributed by atoms with E-state index in [1.54, 1.807) is 13.0 Å². The predicted molar refractivity (Wildman–Crippen MR) is 58.9 cm³/mol. The van der Waals surface area contributed by atoms with E-state index in [0.29, 0.717) is 22.2 Å². The lowest BCUT2D eigenvalue weighted by Crippen LogP contribution is -1.95. The monoisotopic (exact) mass is 237 g/mol. The topological polar surface area (TPSA) is 108 Å². The zero-order valence-electron chi connectivity index (χ0n) is 8.25. The smallest absolute Gasteiger partial charge is 0.290 e. The first kappa shape index (κ1) is 10.4. The van der Waals surface area contributed by atoms with Crippen molar-refractivity contribution in [3.63, 3.8) is 0 Å². The summed E-state index contributed by atoms with van der Waals surface area (Å²) in [6, 6.07) is 1.57. The molecule has 8 heteroatoms. The summed E-state index contributed by atoms with van der Waals surface area (Å²) >= 11 is 1.06. The van der Waals surface area contributed by atoms with E-state index in [4.69, 9.17) is 5.73 Å². The highest BCUT2D eigenvalue weighted by Gasteiger charge is 2.14. The van der Waals surface area contributed by atoms with Gasteiger partial charge < -0.3 is 5.73 Å². The highest BCUT2D eigenvalue weighted by Crippen LogP contribution is 2.22. The van der Waals surface area contributed by atoms with Crippen LogP contribution < -0.4 is 5.73 Å². The molecule has 2 aromatic rings. The molecule has 2 N–H and O–H groups in total. The third-order valence-corrected chi connectivity index (χ3v) is 2.49. The molecule has 0 bridgehead atoms. The number of nitro groups is 1. The molecule has 0 fully saturated rings. The molecule has 82 valence electrons. The maximum absolute atomic E-state index is 10.6. The molecule has 16 heavy (non-hydrogen) atoms. The molecule has 0 radical (unpaired) electrons. The lowest BCUT2D eigenvalue weighted by Gasteiger charge is -1.98. The molecule has 0 saturated heterocycles. The van der Waals surface area contributed by atoms with Crippen molar-refractivity contribution in [3.05, 3.63) is 27.9 Å². The van der Waals surface area contributed by atoms with Crippen molar-refractivity contribution in [2.45, 2.75) is 6.92 Å². The van der Waals surface area contributed by atoms with Gasteiger partial charge in [-0.25, -0.2) is 4.98 Å². The molecule has 2 rings (SSSR count). The van der Waals surface area contributed by atoms with E-state index in [1.165, 1.54) is 6.20 Å². The fourth-order valence-corrected chi connectivity index (χ4v) is 1.64. The Kier molecular flexibility index (Phi) is 2.49. The Morgan fingerprint density at radius 2 is 2.31 bits per heavy atom. The summed E-state index contributed by atoms with van der Waals surface area (Å²) in [5, 5.41) is 10.9. The number of hydrogen-bond donors (Lipinski definition) is 1. The van der Waals surface area contributed by atoms with Gasteiger partial charge in [0.25, 0.3) is 5.69 Å². The largest absolute Gasteiger partial charge is 0.374 e. The van der Waals surface area contributed by atoms with E-state index in [9.17, 15) is 10.1 Å². The maximum Gasteiger partial charge on any atom is 0.290 e. The van der Waals surface area contributed by atoms with Crippen molar-refractivity contribution in [2.75, 3.05) is 5.73 Å². The summed E-state index contributed by atoms with van der Waals surface area (Å²) in [6.45, 7) is 1.64. The van der Waals surface area contributed by atoms with Crippen LogP contribution in [0.4, 0.5) is 10.8 Å². The SMILES string of the molecule is Cc1cc(-c2nsc(N)n2)ncc1[N+](=O)[O-]. The first-order chi connectivity index (χ1) is 7.58. The number of anilines is 1. The summed E-state index contributed by atoms with van der Waals surface area (Å²) in [5.74, 6) is 0.389. The first-order valence-corrected chi connectivity index (χ1v) is 5.06. The Hall–Kier alpha value is -2.09. The molecule has 2 heterocycles. The molecule has 0 saturated carbocycles. The van der Waals surface area contributed by atoms with Gasteiger partial charge in [-0.05, 0) is 13.0 Å². The van der Waals surface area contributed by atoms with Crippen LogP contribution in [0.3, 0.4) is 0 Å². The second-order valence-electron chi connectivity index (χ2n) is 3.07. The molecule has 7 nitrogen and oxygen atoms in total. The molecule has 0 aromatic carbocycles. The quantitative estimate of drug-likeness (QED) is 0.624. The summed E-state index contributed by atoms with van der Waals surface area (Å²) in [5.41, 5.74) is 6.42. The summed E-state index contributed by atoms with van der Waals surface area (Å²) in [7, 11) is 0. The van der Waals surface area contributed by atoms with Gasteiger partial charge in [0, 0.05) is 17.1 Å². The van der Waals surface area contributed by atoms with E-state index in [-0.39, 0.29) is 5.69 Å². The minimum atomic E-state index is -0.477. The lowest BCUT2D eigenvalue weighted by atomic mass is 10.2. The summed E-state index contributed by atoms with van der Waals surface area (Å²) in [6.07, 6.45) is 1.20. The summed E-state index contributed by atoms with van der Waals surface area (Å²) < 4.78 is 3.97. The fraction of sp³-hybridized carbons (Fsp3) is 0.125. The fourth-order valence-electron chi connectivity index (χ4n) is 1.20. The van der Waals surface area contributed by atoms with Crippen LogP contribution in [0.25, 0.3) is 11.5 Å². The standard InChI is InChI=1S/C8H7N5O2S/c1-4-2-5(7-11-8(9)16-12-7)10-3-6(4)13(14)15/h2-3H,1H3,(H2,9,11,12). The predicted octanol–water partition coefficient (Wildman–Crippen LogP) is 1.40. The van der Waals surface area contributed by atoms with Crippen LogP contribution >= 0.6 is 11.5 Å². The minimum absolute atomic E-state index is 0.0213. The average Bonchev–Trinajstić information content (AvgIpc) is 2.64. The van der Waals surface area contributed by atoms with Crippen molar-refractivity contribution in [3.8, 4) is 11.5 Å². The Morgan fingerprint density at radius 3 is 2.81 bits per heavy atom.